The van der Waals surface area contributed by atoms with E-state index in [2.05, 4.69) is 0 Å². The van der Waals surface area contributed by atoms with Gasteiger partial charge in [-0.25, -0.2) is 0 Å². The number of phenolic OH excluding ortho intramolecular Hbond substituents is 5. The molecule has 0 saturated heterocycles. The van der Waals surface area contributed by atoms with E-state index >= 15 is 0 Å². The molecule has 2 aromatic carbocycles. The first kappa shape index (κ1) is 19.0. The van der Waals surface area contributed by atoms with Crippen molar-refractivity contribution in [3.8, 4) is 28.7 Å². The van der Waals surface area contributed by atoms with Crippen molar-refractivity contribution in [1.29, 1.82) is 0 Å². The van der Waals surface area contributed by atoms with E-state index in [0.29, 0.717) is 11.3 Å². The number of benzene rings is 2. The lowest BCUT2D eigenvalue weighted by atomic mass is 9.99. The molecule has 2 rings (SSSR count). The Labute approximate surface area is 148 Å². The Hall–Kier alpha value is -2.29. The molecule has 0 radical (unpaired) electrons. The number of aromatic hydroxyl groups is 5. The van der Waals surface area contributed by atoms with Crippen LogP contribution in [0.2, 0.25) is 0 Å². The minimum atomic E-state index is -1.08. The van der Waals surface area contributed by atoms with E-state index in [4.69, 9.17) is 5.11 Å². The van der Waals surface area contributed by atoms with Crippen molar-refractivity contribution >= 4 is 11.8 Å². The van der Waals surface area contributed by atoms with Crippen LogP contribution in [0.3, 0.4) is 0 Å². The van der Waals surface area contributed by atoms with Crippen LogP contribution in [0.1, 0.15) is 16.4 Å². The normalized spacial score (nSPS) is 13.5. The maximum absolute atomic E-state index is 10.6. The Morgan fingerprint density at radius 3 is 2.04 bits per heavy atom. The summed E-state index contributed by atoms with van der Waals surface area (Å²) in [5.41, 5.74) is 0.585. The Balaban J connectivity index is 2.29. The summed E-state index contributed by atoms with van der Waals surface area (Å²) in [6.07, 6.45) is -1.20. The molecule has 0 spiro atoms. The number of aliphatic hydroxyl groups excluding tert-OH is 2. The van der Waals surface area contributed by atoms with Crippen molar-refractivity contribution in [3.63, 3.8) is 0 Å². The smallest absolute Gasteiger partial charge is 0.157 e. The van der Waals surface area contributed by atoms with Crippen LogP contribution in [0.25, 0.3) is 0 Å². The van der Waals surface area contributed by atoms with Crippen molar-refractivity contribution in [2.45, 2.75) is 17.8 Å². The van der Waals surface area contributed by atoms with E-state index < -0.39 is 11.4 Å². The van der Waals surface area contributed by atoms with Gasteiger partial charge >= 0.3 is 0 Å². The summed E-state index contributed by atoms with van der Waals surface area (Å²) in [6.45, 7) is -0.117. The zero-order valence-corrected chi connectivity index (χ0v) is 14.0. The highest BCUT2D eigenvalue weighted by molar-refractivity contribution is 7.99. The van der Waals surface area contributed by atoms with Gasteiger partial charge in [-0.2, -0.15) is 0 Å². The highest BCUT2D eigenvalue weighted by Gasteiger charge is 2.25. The summed E-state index contributed by atoms with van der Waals surface area (Å²) in [5, 5.41) is 67.2. The average Bonchev–Trinajstić information content (AvgIpc) is 2.54. The summed E-state index contributed by atoms with van der Waals surface area (Å²) in [6, 6.07) is 6.25. The number of hydrogen-bond acceptors (Lipinski definition) is 8. The molecule has 0 fully saturated rings. The van der Waals surface area contributed by atoms with Gasteiger partial charge in [0.05, 0.1) is 18.0 Å². The third kappa shape index (κ3) is 4.62. The summed E-state index contributed by atoms with van der Waals surface area (Å²) < 4.78 is 0. The highest BCUT2D eigenvalue weighted by Crippen LogP contribution is 2.40. The van der Waals surface area contributed by atoms with Gasteiger partial charge in [-0.1, -0.05) is 6.07 Å². The van der Waals surface area contributed by atoms with E-state index in [-0.39, 0.29) is 47.3 Å². The van der Waals surface area contributed by atoms with Crippen molar-refractivity contribution in [1.82, 2.24) is 0 Å². The lowest BCUT2D eigenvalue weighted by Gasteiger charge is -2.24. The van der Waals surface area contributed by atoms with Crippen molar-refractivity contribution in [2.24, 2.45) is 0 Å². The number of phenols is 5. The van der Waals surface area contributed by atoms with Gasteiger partial charge in [0, 0.05) is 29.9 Å². The maximum Gasteiger partial charge on any atom is 0.157 e. The van der Waals surface area contributed by atoms with Crippen LogP contribution < -0.4 is 0 Å². The third-order valence-corrected chi connectivity index (χ3v) is 5.03. The molecule has 2 aromatic rings. The van der Waals surface area contributed by atoms with Gasteiger partial charge in [0.15, 0.2) is 11.5 Å². The molecule has 0 aliphatic carbocycles. The predicted octanol–water partition coefficient (Wildman–Crippen LogP) is 1.58. The molecule has 2 atom stereocenters. The molecule has 0 heterocycles. The van der Waals surface area contributed by atoms with Gasteiger partial charge in [0.1, 0.15) is 17.2 Å². The third-order valence-electron chi connectivity index (χ3n) is 3.67. The fourth-order valence-corrected chi connectivity index (χ4v) is 3.50. The van der Waals surface area contributed by atoms with Crippen LogP contribution in [0.5, 0.6) is 28.7 Å². The molecular formula is C17H20O7S. The first-order chi connectivity index (χ1) is 11.8. The Kier molecular flexibility index (Phi) is 6.24. The summed E-state index contributed by atoms with van der Waals surface area (Å²) in [5.74, 6) is -1.32. The molecule has 25 heavy (non-hydrogen) atoms. The van der Waals surface area contributed by atoms with Gasteiger partial charge in [-0.05, 0) is 17.7 Å². The quantitative estimate of drug-likeness (QED) is 0.365. The van der Waals surface area contributed by atoms with Crippen LogP contribution in [-0.4, -0.2) is 54.2 Å². The van der Waals surface area contributed by atoms with E-state index in [1.54, 1.807) is 0 Å². The largest absolute Gasteiger partial charge is 0.508 e. The number of thioether (sulfide) groups is 1. The molecule has 136 valence electrons. The van der Waals surface area contributed by atoms with E-state index in [0.717, 1.165) is 12.1 Å². The van der Waals surface area contributed by atoms with E-state index in [9.17, 15) is 30.6 Å². The van der Waals surface area contributed by atoms with Crippen LogP contribution >= 0.6 is 11.8 Å². The van der Waals surface area contributed by atoms with Gasteiger partial charge in [0.2, 0.25) is 0 Å². The number of aliphatic hydroxyl groups is 2. The van der Waals surface area contributed by atoms with Crippen molar-refractivity contribution in [3.05, 3.63) is 41.5 Å². The Bertz CT molecular complexity index is 712. The molecule has 8 heteroatoms. The summed E-state index contributed by atoms with van der Waals surface area (Å²) in [4.78, 5) is 0. The van der Waals surface area contributed by atoms with Crippen LogP contribution in [0.15, 0.2) is 30.3 Å². The first-order valence-corrected chi connectivity index (χ1v) is 8.54. The average molecular weight is 368 g/mol. The van der Waals surface area contributed by atoms with Gasteiger partial charge in [0.25, 0.3) is 0 Å². The lowest BCUT2D eigenvalue weighted by Crippen LogP contribution is -2.20. The number of rotatable bonds is 7. The molecule has 0 amide bonds. The fourth-order valence-electron chi connectivity index (χ4n) is 2.48. The molecular weight excluding hydrogens is 348 g/mol. The lowest BCUT2D eigenvalue weighted by molar-refractivity contribution is 0.169. The molecule has 0 aliphatic heterocycles. The minimum Gasteiger partial charge on any atom is -0.508 e. The van der Waals surface area contributed by atoms with E-state index in [1.807, 2.05) is 0 Å². The van der Waals surface area contributed by atoms with E-state index in [1.165, 1.54) is 30.0 Å². The molecule has 0 aliphatic rings. The van der Waals surface area contributed by atoms with Crippen molar-refractivity contribution < 1.29 is 35.7 Å². The minimum absolute atomic E-state index is 0.0721. The Morgan fingerprint density at radius 1 is 0.840 bits per heavy atom. The van der Waals surface area contributed by atoms with Crippen LogP contribution in [0, 0.1) is 0 Å². The van der Waals surface area contributed by atoms with Gasteiger partial charge in [-0.3, -0.25) is 0 Å². The monoisotopic (exact) mass is 368 g/mol. The molecule has 7 nitrogen and oxygen atoms in total. The molecule has 0 aromatic heterocycles. The summed E-state index contributed by atoms with van der Waals surface area (Å²) >= 11 is 1.23. The highest BCUT2D eigenvalue weighted by atomic mass is 32.2. The number of hydrogen-bond donors (Lipinski definition) is 7. The molecule has 2 unspecified atom stereocenters. The van der Waals surface area contributed by atoms with Crippen LogP contribution in [-0.2, 0) is 6.42 Å². The maximum atomic E-state index is 10.6. The zero-order chi connectivity index (χ0) is 18.6. The standard InChI is InChI=1S/C17H20O7S/c18-3-4-25-17(9-1-2-12(20)15(23)5-9)16(24)8-11-13(21)6-10(19)7-14(11)22/h1-2,5-7,16-24H,3-4,8H2. The second-order valence-electron chi connectivity index (χ2n) is 5.50. The van der Waals surface area contributed by atoms with Gasteiger partial charge < -0.3 is 35.7 Å². The SMILES string of the molecule is OCCSC(c1ccc(O)c(O)c1)C(O)Cc1c(O)cc(O)cc1O. The van der Waals surface area contributed by atoms with Gasteiger partial charge in [-0.15, -0.1) is 11.8 Å². The van der Waals surface area contributed by atoms with Crippen LogP contribution in [0.4, 0.5) is 0 Å². The predicted molar refractivity (Wildman–Crippen MR) is 93.2 cm³/mol. The zero-order valence-electron chi connectivity index (χ0n) is 13.2. The molecule has 7 N–H and O–H groups in total. The first-order valence-electron chi connectivity index (χ1n) is 7.49. The fraction of sp³-hybridized carbons (Fsp3) is 0.294. The topological polar surface area (TPSA) is 142 Å². The Morgan fingerprint density at radius 2 is 1.48 bits per heavy atom. The second-order valence-corrected chi connectivity index (χ2v) is 6.75. The summed E-state index contributed by atoms with van der Waals surface area (Å²) in [7, 11) is 0. The molecule has 0 bridgehead atoms. The van der Waals surface area contributed by atoms with Crippen molar-refractivity contribution in [2.75, 3.05) is 12.4 Å². The second kappa shape index (κ2) is 8.19. The molecule has 0 saturated carbocycles.